The van der Waals surface area contributed by atoms with Crippen LogP contribution in [-0.4, -0.2) is 32.0 Å². The molecule has 1 unspecified atom stereocenters. The Morgan fingerprint density at radius 3 is 2.76 bits per heavy atom. The first kappa shape index (κ1) is 11.8. The van der Waals surface area contributed by atoms with E-state index in [-0.39, 0.29) is 0 Å². The maximum atomic E-state index is 10.7. The van der Waals surface area contributed by atoms with Crippen LogP contribution in [-0.2, 0) is 4.79 Å². The lowest BCUT2D eigenvalue weighted by Crippen LogP contribution is -2.12. The van der Waals surface area contributed by atoms with Gasteiger partial charge in [-0.15, -0.1) is 10.2 Å². The third kappa shape index (κ3) is 2.91. The van der Waals surface area contributed by atoms with Crippen molar-refractivity contribution in [1.82, 2.24) is 15.2 Å². The summed E-state index contributed by atoms with van der Waals surface area (Å²) in [6.07, 6.45) is 0. The molecule has 6 heteroatoms. The van der Waals surface area contributed by atoms with Gasteiger partial charge in [0.25, 0.3) is 0 Å². The molecule has 0 bridgehead atoms. The topological polar surface area (TPSA) is 76.0 Å². The highest BCUT2D eigenvalue weighted by atomic mass is 32.2. The second kappa shape index (κ2) is 5.09. The van der Waals surface area contributed by atoms with Crippen LogP contribution in [0.5, 0.6) is 0 Å². The Bertz CT molecular complexity index is 547. The van der Waals surface area contributed by atoms with Gasteiger partial charge < -0.3 is 5.11 Å². The number of fused-ring (bicyclic) bond motifs is 1. The molecule has 0 aliphatic carbocycles. The van der Waals surface area contributed by atoms with E-state index in [1.807, 2.05) is 24.3 Å². The lowest BCUT2D eigenvalue weighted by Gasteiger charge is -2.04. The first-order valence-corrected chi connectivity index (χ1v) is 6.10. The van der Waals surface area contributed by atoms with Crippen molar-refractivity contribution in [2.45, 2.75) is 12.1 Å². The summed E-state index contributed by atoms with van der Waals surface area (Å²) >= 11 is 1.31. The van der Waals surface area contributed by atoms with Gasteiger partial charge in [-0.3, -0.25) is 4.79 Å². The minimum Gasteiger partial charge on any atom is -0.481 e. The Hall–Kier alpha value is -1.69. The van der Waals surface area contributed by atoms with Gasteiger partial charge >= 0.3 is 5.97 Å². The van der Waals surface area contributed by atoms with Gasteiger partial charge in [0.15, 0.2) is 0 Å². The molecule has 0 saturated carbocycles. The molecule has 5 nitrogen and oxygen atoms in total. The van der Waals surface area contributed by atoms with Gasteiger partial charge in [0.05, 0.1) is 11.4 Å². The average Bonchev–Trinajstić information content (AvgIpc) is 2.35. The molecule has 1 aromatic heterocycles. The van der Waals surface area contributed by atoms with E-state index in [4.69, 9.17) is 5.11 Å². The monoisotopic (exact) mass is 249 g/mol. The van der Waals surface area contributed by atoms with Crippen LogP contribution in [0.3, 0.4) is 0 Å². The molecule has 88 valence electrons. The Labute approximate surface area is 102 Å². The first-order valence-electron chi connectivity index (χ1n) is 5.12. The highest BCUT2D eigenvalue weighted by molar-refractivity contribution is 7.99. The normalized spacial score (nSPS) is 12.5. The molecular formula is C11H11N3O2S. The highest BCUT2D eigenvalue weighted by Crippen LogP contribution is 2.18. The molecule has 0 spiro atoms. The molecule has 0 amide bonds. The second-order valence-electron chi connectivity index (χ2n) is 3.63. The summed E-state index contributed by atoms with van der Waals surface area (Å²) in [7, 11) is 0. The smallest absolute Gasteiger partial charge is 0.307 e. The van der Waals surface area contributed by atoms with Gasteiger partial charge in [0.2, 0.25) is 5.16 Å². The predicted octanol–water partition coefficient (Wildman–Crippen LogP) is 1.84. The number of thioether (sulfide) groups is 1. The van der Waals surface area contributed by atoms with E-state index in [1.54, 1.807) is 6.92 Å². The van der Waals surface area contributed by atoms with E-state index in [0.717, 1.165) is 11.0 Å². The maximum absolute atomic E-state index is 10.7. The maximum Gasteiger partial charge on any atom is 0.307 e. The van der Waals surface area contributed by atoms with Crippen molar-refractivity contribution in [2.75, 3.05) is 5.75 Å². The van der Waals surface area contributed by atoms with Crippen molar-refractivity contribution in [3.63, 3.8) is 0 Å². The van der Waals surface area contributed by atoms with E-state index >= 15 is 0 Å². The number of carboxylic acid groups (broad SMARTS) is 1. The molecule has 0 aliphatic heterocycles. The minimum atomic E-state index is -0.814. The quantitative estimate of drug-likeness (QED) is 0.833. The summed E-state index contributed by atoms with van der Waals surface area (Å²) in [4.78, 5) is 15.0. The van der Waals surface area contributed by atoms with Gasteiger partial charge in [0, 0.05) is 5.75 Å². The lowest BCUT2D eigenvalue weighted by atomic mass is 10.2. The predicted molar refractivity (Wildman–Crippen MR) is 64.9 cm³/mol. The van der Waals surface area contributed by atoms with Crippen LogP contribution in [0.25, 0.3) is 11.0 Å². The molecule has 0 aliphatic rings. The van der Waals surface area contributed by atoms with E-state index in [0.29, 0.717) is 10.9 Å². The Kier molecular flexibility index (Phi) is 3.53. The summed E-state index contributed by atoms with van der Waals surface area (Å²) in [6.45, 7) is 1.66. The summed E-state index contributed by atoms with van der Waals surface area (Å²) in [6, 6.07) is 7.45. The van der Waals surface area contributed by atoms with E-state index in [2.05, 4.69) is 15.2 Å². The SMILES string of the molecule is CC(CSc1nnc2ccccc2n1)C(=O)O. The van der Waals surface area contributed by atoms with Crippen molar-refractivity contribution >= 4 is 28.8 Å². The number of aromatic nitrogens is 3. The van der Waals surface area contributed by atoms with Gasteiger partial charge in [-0.25, -0.2) is 4.98 Å². The van der Waals surface area contributed by atoms with Crippen molar-refractivity contribution in [3.8, 4) is 0 Å². The standard InChI is InChI=1S/C11H11N3O2S/c1-7(10(15)16)6-17-11-12-8-4-2-3-5-9(8)13-14-11/h2-5,7H,6H2,1H3,(H,15,16). The van der Waals surface area contributed by atoms with Crippen molar-refractivity contribution in [3.05, 3.63) is 24.3 Å². The lowest BCUT2D eigenvalue weighted by molar-refractivity contribution is -0.140. The van der Waals surface area contributed by atoms with Gasteiger partial charge in [-0.1, -0.05) is 30.8 Å². The van der Waals surface area contributed by atoms with E-state index in [1.165, 1.54) is 11.8 Å². The first-order chi connectivity index (χ1) is 8.16. The van der Waals surface area contributed by atoms with Crippen LogP contribution >= 0.6 is 11.8 Å². The number of aliphatic carboxylic acids is 1. The van der Waals surface area contributed by atoms with Crippen LogP contribution in [0.1, 0.15) is 6.92 Å². The Balaban J connectivity index is 2.12. The molecule has 1 N–H and O–H groups in total. The van der Waals surface area contributed by atoms with Crippen molar-refractivity contribution < 1.29 is 9.90 Å². The van der Waals surface area contributed by atoms with Crippen LogP contribution in [0, 0.1) is 5.92 Å². The molecule has 2 aromatic rings. The Morgan fingerprint density at radius 1 is 1.35 bits per heavy atom. The van der Waals surface area contributed by atoms with Crippen LogP contribution in [0.2, 0.25) is 0 Å². The zero-order valence-electron chi connectivity index (χ0n) is 9.20. The number of carboxylic acids is 1. The summed E-state index contributed by atoms with van der Waals surface area (Å²) in [5, 5.41) is 17.2. The molecule has 0 radical (unpaired) electrons. The fourth-order valence-corrected chi connectivity index (χ4v) is 2.00. The molecule has 1 atom stereocenters. The fourth-order valence-electron chi connectivity index (χ4n) is 1.20. The van der Waals surface area contributed by atoms with Gasteiger partial charge in [-0.2, -0.15) is 0 Å². The number of benzene rings is 1. The summed E-state index contributed by atoms with van der Waals surface area (Å²) in [5.41, 5.74) is 1.51. The van der Waals surface area contributed by atoms with Crippen LogP contribution < -0.4 is 0 Å². The molecule has 0 fully saturated rings. The van der Waals surface area contributed by atoms with Crippen LogP contribution in [0.4, 0.5) is 0 Å². The summed E-state index contributed by atoms with van der Waals surface area (Å²) < 4.78 is 0. The number of hydrogen-bond acceptors (Lipinski definition) is 5. The zero-order valence-corrected chi connectivity index (χ0v) is 10.0. The summed E-state index contributed by atoms with van der Waals surface area (Å²) in [5.74, 6) is -0.795. The van der Waals surface area contributed by atoms with Crippen LogP contribution in [0.15, 0.2) is 29.4 Å². The zero-order chi connectivity index (χ0) is 12.3. The number of hydrogen-bond donors (Lipinski definition) is 1. The molecule has 1 aromatic carbocycles. The molecule has 17 heavy (non-hydrogen) atoms. The third-order valence-corrected chi connectivity index (χ3v) is 3.32. The number of nitrogens with zero attached hydrogens (tertiary/aromatic N) is 3. The Morgan fingerprint density at radius 2 is 2.06 bits per heavy atom. The highest BCUT2D eigenvalue weighted by Gasteiger charge is 2.12. The number of carbonyl (C=O) groups is 1. The number of rotatable bonds is 4. The second-order valence-corrected chi connectivity index (χ2v) is 4.62. The fraction of sp³-hybridized carbons (Fsp3) is 0.273. The molecular weight excluding hydrogens is 238 g/mol. The molecule has 2 rings (SSSR count). The third-order valence-electron chi connectivity index (χ3n) is 2.23. The largest absolute Gasteiger partial charge is 0.481 e. The van der Waals surface area contributed by atoms with Gasteiger partial charge in [0.1, 0.15) is 5.52 Å². The van der Waals surface area contributed by atoms with Crippen molar-refractivity contribution in [1.29, 1.82) is 0 Å². The minimum absolute atomic E-state index is 0.421. The molecule has 0 saturated heterocycles. The van der Waals surface area contributed by atoms with Crippen molar-refractivity contribution in [2.24, 2.45) is 5.92 Å². The van der Waals surface area contributed by atoms with E-state index < -0.39 is 11.9 Å². The van der Waals surface area contributed by atoms with Gasteiger partial charge in [-0.05, 0) is 12.1 Å². The number of para-hydroxylation sites is 1. The van der Waals surface area contributed by atoms with E-state index in [9.17, 15) is 4.79 Å². The average molecular weight is 249 g/mol. The molecule has 1 heterocycles.